The van der Waals surface area contributed by atoms with E-state index < -0.39 is 5.82 Å². The molecule has 28 heavy (non-hydrogen) atoms. The van der Waals surface area contributed by atoms with E-state index in [2.05, 4.69) is 15.3 Å². The van der Waals surface area contributed by atoms with Crippen molar-refractivity contribution >= 4 is 29.2 Å². The van der Waals surface area contributed by atoms with Gasteiger partial charge in [0.25, 0.3) is 0 Å². The molecule has 8 heteroatoms. The summed E-state index contributed by atoms with van der Waals surface area (Å²) in [5.41, 5.74) is 0. The van der Waals surface area contributed by atoms with Crippen LogP contribution in [0.1, 0.15) is 31.5 Å². The SMILES string of the molecule is Cc1nc(NC2CCC(C(=O)Oc3ccc(F)c(Cl)c3)CC2)cc(N(C)C)n1. The molecule has 1 saturated carbocycles. The average molecular weight is 407 g/mol. The summed E-state index contributed by atoms with van der Waals surface area (Å²) in [6, 6.07) is 6.09. The minimum absolute atomic E-state index is 0.0598. The van der Waals surface area contributed by atoms with Crippen LogP contribution in [0, 0.1) is 18.7 Å². The zero-order valence-corrected chi connectivity index (χ0v) is 17.0. The van der Waals surface area contributed by atoms with E-state index in [1.165, 1.54) is 18.2 Å². The van der Waals surface area contributed by atoms with Crippen LogP contribution in [0.5, 0.6) is 5.75 Å². The predicted octanol–water partition coefficient (Wildman–Crippen LogP) is 4.22. The van der Waals surface area contributed by atoms with Gasteiger partial charge in [-0.3, -0.25) is 4.79 Å². The number of hydrogen-bond donors (Lipinski definition) is 1. The number of benzene rings is 1. The van der Waals surface area contributed by atoms with E-state index in [1.54, 1.807) is 0 Å². The summed E-state index contributed by atoms with van der Waals surface area (Å²) in [5.74, 6) is 1.62. The van der Waals surface area contributed by atoms with Crippen LogP contribution < -0.4 is 15.0 Å². The third-order valence-corrected chi connectivity index (χ3v) is 5.09. The number of nitrogens with zero attached hydrogens (tertiary/aromatic N) is 3. The molecule has 1 fully saturated rings. The molecule has 1 aliphatic rings. The van der Waals surface area contributed by atoms with Crippen molar-refractivity contribution in [1.82, 2.24) is 9.97 Å². The molecule has 1 aromatic heterocycles. The number of nitrogens with one attached hydrogen (secondary N) is 1. The number of aromatic nitrogens is 2. The van der Waals surface area contributed by atoms with Crippen LogP contribution in [-0.4, -0.2) is 36.1 Å². The lowest BCUT2D eigenvalue weighted by Gasteiger charge is -2.28. The third-order valence-electron chi connectivity index (χ3n) is 4.80. The van der Waals surface area contributed by atoms with Gasteiger partial charge in [-0.05, 0) is 44.7 Å². The van der Waals surface area contributed by atoms with Crippen molar-refractivity contribution in [2.24, 2.45) is 5.92 Å². The van der Waals surface area contributed by atoms with Crippen molar-refractivity contribution in [2.45, 2.75) is 38.6 Å². The number of rotatable bonds is 5. The third kappa shape index (κ3) is 5.10. The second kappa shape index (κ2) is 8.73. The molecule has 6 nitrogen and oxygen atoms in total. The van der Waals surface area contributed by atoms with Crippen molar-refractivity contribution in [2.75, 3.05) is 24.3 Å². The quantitative estimate of drug-likeness (QED) is 0.592. The standard InChI is InChI=1S/C20H24ClFN4O2/c1-12-23-18(11-19(24-12)26(2)3)25-14-6-4-13(5-7-14)20(27)28-15-8-9-17(22)16(21)10-15/h8-11,13-14H,4-7H2,1-3H3,(H,23,24,25). The van der Waals surface area contributed by atoms with Crippen molar-refractivity contribution in [3.05, 3.63) is 40.9 Å². The molecule has 0 bridgehead atoms. The van der Waals surface area contributed by atoms with E-state index in [0.29, 0.717) is 5.82 Å². The Morgan fingerprint density at radius 3 is 2.57 bits per heavy atom. The minimum Gasteiger partial charge on any atom is -0.426 e. The molecule has 0 aliphatic heterocycles. The van der Waals surface area contributed by atoms with Crippen molar-refractivity contribution in [3.63, 3.8) is 0 Å². The van der Waals surface area contributed by atoms with E-state index in [-0.39, 0.29) is 28.7 Å². The second-order valence-corrected chi connectivity index (χ2v) is 7.65. The van der Waals surface area contributed by atoms with Gasteiger partial charge in [-0.2, -0.15) is 0 Å². The van der Waals surface area contributed by atoms with Gasteiger partial charge in [0, 0.05) is 32.3 Å². The first kappa shape index (κ1) is 20.3. The minimum atomic E-state index is -0.537. The number of carbonyl (C=O) groups excluding carboxylic acids is 1. The summed E-state index contributed by atoms with van der Waals surface area (Å²) in [6.45, 7) is 1.87. The first-order valence-electron chi connectivity index (χ1n) is 9.28. The molecule has 3 rings (SSSR count). The maximum atomic E-state index is 13.2. The number of halogens is 2. The first-order valence-corrected chi connectivity index (χ1v) is 9.66. The van der Waals surface area contributed by atoms with Gasteiger partial charge < -0.3 is 15.0 Å². The van der Waals surface area contributed by atoms with Gasteiger partial charge in [0.05, 0.1) is 10.9 Å². The van der Waals surface area contributed by atoms with Crippen LogP contribution in [0.25, 0.3) is 0 Å². The summed E-state index contributed by atoms with van der Waals surface area (Å²) in [6.07, 6.45) is 3.11. The van der Waals surface area contributed by atoms with E-state index in [1.807, 2.05) is 32.0 Å². The smallest absolute Gasteiger partial charge is 0.314 e. The molecule has 0 unspecified atom stereocenters. The van der Waals surface area contributed by atoms with Gasteiger partial charge in [0.15, 0.2) is 0 Å². The summed E-state index contributed by atoms with van der Waals surface area (Å²) in [7, 11) is 3.88. The maximum Gasteiger partial charge on any atom is 0.314 e. The Bertz CT molecular complexity index is 854. The number of esters is 1. The van der Waals surface area contributed by atoms with Gasteiger partial charge in [-0.25, -0.2) is 14.4 Å². The number of ether oxygens (including phenoxy) is 1. The van der Waals surface area contributed by atoms with Crippen LogP contribution in [-0.2, 0) is 4.79 Å². The van der Waals surface area contributed by atoms with Gasteiger partial charge in [0.1, 0.15) is 29.0 Å². The van der Waals surface area contributed by atoms with Crippen LogP contribution in [0.3, 0.4) is 0 Å². The lowest BCUT2D eigenvalue weighted by molar-refractivity contribution is -0.140. The molecular weight excluding hydrogens is 383 g/mol. The van der Waals surface area contributed by atoms with Gasteiger partial charge >= 0.3 is 5.97 Å². The molecule has 1 N–H and O–H groups in total. The highest BCUT2D eigenvalue weighted by atomic mass is 35.5. The van der Waals surface area contributed by atoms with Gasteiger partial charge in [-0.1, -0.05) is 11.6 Å². The van der Waals surface area contributed by atoms with Crippen molar-refractivity contribution in [3.8, 4) is 5.75 Å². The molecule has 1 heterocycles. The van der Waals surface area contributed by atoms with Crippen molar-refractivity contribution < 1.29 is 13.9 Å². The Morgan fingerprint density at radius 2 is 1.93 bits per heavy atom. The second-order valence-electron chi connectivity index (χ2n) is 7.24. The van der Waals surface area contributed by atoms with Crippen LogP contribution in [0.4, 0.5) is 16.0 Å². The average Bonchev–Trinajstić information content (AvgIpc) is 2.65. The van der Waals surface area contributed by atoms with Crippen LogP contribution >= 0.6 is 11.6 Å². The maximum absolute atomic E-state index is 13.2. The fourth-order valence-corrected chi connectivity index (χ4v) is 3.45. The summed E-state index contributed by atoms with van der Waals surface area (Å²) in [4.78, 5) is 23.2. The highest BCUT2D eigenvalue weighted by Gasteiger charge is 2.28. The molecule has 0 atom stereocenters. The summed E-state index contributed by atoms with van der Waals surface area (Å²) in [5, 5.41) is 3.39. The largest absolute Gasteiger partial charge is 0.426 e. The fourth-order valence-electron chi connectivity index (χ4n) is 3.28. The molecule has 0 amide bonds. The molecule has 1 aliphatic carbocycles. The van der Waals surface area contributed by atoms with Crippen molar-refractivity contribution in [1.29, 1.82) is 0 Å². The van der Waals surface area contributed by atoms with E-state index in [9.17, 15) is 9.18 Å². The van der Waals surface area contributed by atoms with E-state index >= 15 is 0 Å². The number of anilines is 2. The molecule has 150 valence electrons. The van der Waals surface area contributed by atoms with Crippen LogP contribution in [0.15, 0.2) is 24.3 Å². The van der Waals surface area contributed by atoms with Gasteiger partial charge in [-0.15, -0.1) is 0 Å². The Kier molecular flexibility index (Phi) is 6.34. The normalized spacial score (nSPS) is 19.2. The van der Waals surface area contributed by atoms with Crippen LogP contribution in [0.2, 0.25) is 5.02 Å². The van der Waals surface area contributed by atoms with E-state index in [4.69, 9.17) is 16.3 Å². The number of hydrogen-bond acceptors (Lipinski definition) is 6. The Hall–Kier alpha value is -2.41. The fraction of sp³-hybridized carbons (Fsp3) is 0.450. The summed E-state index contributed by atoms with van der Waals surface area (Å²) < 4.78 is 18.6. The molecular formula is C20H24ClFN4O2. The Morgan fingerprint density at radius 1 is 1.21 bits per heavy atom. The Balaban J connectivity index is 1.54. The summed E-state index contributed by atoms with van der Waals surface area (Å²) >= 11 is 5.73. The molecule has 2 aromatic rings. The molecule has 0 radical (unpaired) electrons. The molecule has 0 spiro atoms. The lowest BCUT2D eigenvalue weighted by atomic mass is 9.86. The predicted molar refractivity (Wildman–Crippen MR) is 108 cm³/mol. The molecule has 0 saturated heterocycles. The lowest BCUT2D eigenvalue weighted by Crippen LogP contribution is -2.31. The zero-order chi connectivity index (χ0) is 20.3. The first-order chi connectivity index (χ1) is 13.3. The Labute approximate surface area is 169 Å². The molecule has 1 aromatic carbocycles. The monoisotopic (exact) mass is 406 g/mol. The topological polar surface area (TPSA) is 67.3 Å². The number of aryl methyl sites for hydroxylation is 1. The van der Waals surface area contributed by atoms with E-state index in [0.717, 1.165) is 37.3 Å². The zero-order valence-electron chi connectivity index (χ0n) is 16.2. The highest BCUT2D eigenvalue weighted by Crippen LogP contribution is 2.29. The highest BCUT2D eigenvalue weighted by molar-refractivity contribution is 6.30. The number of carbonyl (C=O) groups is 1. The van der Waals surface area contributed by atoms with Gasteiger partial charge in [0.2, 0.25) is 0 Å².